The number of thioether (sulfide) groups is 1. The fourth-order valence-corrected chi connectivity index (χ4v) is 4.12. The second-order valence-corrected chi connectivity index (χ2v) is 8.36. The molecule has 2 aromatic carbocycles. The third-order valence-electron chi connectivity index (χ3n) is 3.55. The van der Waals surface area contributed by atoms with E-state index in [-0.39, 0.29) is 16.8 Å². The highest BCUT2D eigenvalue weighted by Gasteiger charge is 2.32. The molecule has 0 N–H and O–H groups in total. The Labute approximate surface area is 149 Å². The van der Waals surface area contributed by atoms with Gasteiger partial charge in [-0.05, 0) is 22.4 Å². The van der Waals surface area contributed by atoms with Crippen molar-refractivity contribution in [3.8, 4) is 0 Å². The Balaban J connectivity index is 1.91. The predicted molar refractivity (Wildman–Crippen MR) is 98.4 cm³/mol. The highest BCUT2D eigenvalue weighted by atomic mass is 32.2. The fourth-order valence-electron chi connectivity index (χ4n) is 2.41. The molecule has 5 nitrogen and oxygen atoms in total. The van der Waals surface area contributed by atoms with Gasteiger partial charge in [0.05, 0.1) is 20.8 Å². The summed E-state index contributed by atoms with van der Waals surface area (Å²) >= 11 is 6.23. The van der Waals surface area contributed by atoms with E-state index in [0.717, 1.165) is 33.0 Å². The van der Waals surface area contributed by atoms with Gasteiger partial charge in [-0.1, -0.05) is 66.4 Å². The topological polar surface area (TPSA) is 77.5 Å². The lowest BCUT2D eigenvalue weighted by Crippen LogP contribution is -2.32. The molecule has 0 aliphatic carbocycles. The van der Waals surface area contributed by atoms with Crippen LogP contribution in [0.3, 0.4) is 0 Å². The summed E-state index contributed by atoms with van der Waals surface area (Å²) in [6.07, 6.45) is 1.74. The lowest BCUT2D eigenvalue weighted by molar-refractivity contribution is -0.121. The zero-order valence-corrected chi connectivity index (χ0v) is 14.8. The number of thiocarbonyl (C=S) groups is 1. The van der Waals surface area contributed by atoms with E-state index in [1.54, 1.807) is 6.08 Å². The van der Waals surface area contributed by atoms with Crippen LogP contribution < -0.4 is 0 Å². The normalized spacial score (nSPS) is 17.2. The molecule has 2 aromatic rings. The molecule has 0 spiro atoms. The molecule has 0 saturated carbocycles. The highest BCUT2D eigenvalue weighted by Crippen LogP contribution is 2.33. The van der Waals surface area contributed by atoms with Gasteiger partial charge in [0, 0.05) is 6.54 Å². The third kappa shape index (κ3) is 3.67. The van der Waals surface area contributed by atoms with Gasteiger partial charge in [-0.25, -0.2) is 8.42 Å². The fraction of sp³-hybridized carbons (Fsp3) is 0.125. The van der Waals surface area contributed by atoms with Crippen LogP contribution in [0.5, 0.6) is 0 Å². The van der Waals surface area contributed by atoms with Crippen molar-refractivity contribution in [3.63, 3.8) is 0 Å². The largest absolute Gasteiger partial charge is 0.748 e. The van der Waals surface area contributed by atoms with Crippen molar-refractivity contribution >= 4 is 61.2 Å². The summed E-state index contributed by atoms with van der Waals surface area (Å²) in [7, 11) is -4.40. The van der Waals surface area contributed by atoms with Crippen LogP contribution in [0.4, 0.5) is 0 Å². The quantitative estimate of drug-likeness (QED) is 0.462. The minimum Gasteiger partial charge on any atom is -0.748 e. The summed E-state index contributed by atoms with van der Waals surface area (Å²) < 4.78 is 32.5. The number of carbonyl (C=O) groups is 1. The van der Waals surface area contributed by atoms with Gasteiger partial charge in [0.1, 0.15) is 4.32 Å². The molecule has 1 saturated heterocycles. The van der Waals surface area contributed by atoms with Crippen LogP contribution in [-0.2, 0) is 14.9 Å². The minimum absolute atomic E-state index is 0.219. The van der Waals surface area contributed by atoms with Gasteiger partial charge in [0.25, 0.3) is 5.91 Å². The first-order chi connectivity index (χ1) is 11.3. The van der Waals surface area contributed by atoms with E-state index < -0.39 is 15.9 Å². The molecule has 124 valence electrons. The molecule has 1 fully saturated rings. The van der Waals surface area contributed by atoms with Crippen molar-refractivity contribution in [1.82, 2.24) is 4.90 Å². The van der Waals surface area contributed by atoms with Crippen molar-refractivity contribution in [2.45, 2.75) is 0 Å². The van der Waals surface area contributed by atoms with Crippen LogP contribution in [0.25, 0.3) is 16.8 Å². The SMILES string of the molecule is O=C1/C(=C/c2cccc3ccccc23)SC(=S)N1CCS(=O)(=O)[O-]. The molecule has 0 unspecified atom stereocenters. The molecule has 0 bridgehead atoms. The first kappa shape index (κ1) is 17.1. The van der Waals surface area contributed by atoms with E-state index in [4.69, 9.17) is 12.2 Å². The first-order valence-corrected chi connectivity index (χ1v) is 9.82. The molecule has 0 radical (unpaired) electrons. The van der Waals surface area contributed by atoms with Gasteiger partial charge in [0.2, 0.25) is 0 Å². The highest BCUT2D eigenvalue weighted by molar-refractivity contribution is 8.26. The monoisotopic (exact) mass is 378 g/mol. The van der Waals surface area contributed by atoms with Crippen molar-refractivity contribution in [1.29, 1.82) is 0 Å². The standard InChI is InChI=1S/C16H13NO4S3/c18-15-14(23-16(22)17(15)8-9-24(19,20)21)10-12-6-3-5-11-4-1-2-7-13(11)12/h1-7,10H,8-9H2,(H,19,20,21)/p-1/b14-10-. The van der Waals surface area contributed by atoms with Crippen molar-refractivity contribution in [2.24, 2.45) is 0 Å². The van der Waals surface area contributed by atoms with Gasteiger partial charge >= 0.3 is 0 Å². The second kappa shape index (κ2) is 6.64. The number of nitrogens with zero attached hydrogens (tertiary/aromatic N) is 1. The number of hydrogen-bond donors (Lipinski definition) is 0. The van der Waals surface area contributed by atoms with E-state index in [2.05, 4.69) is 0 Å². The van der Waals surface area contributed by atoms with Gasteiger partial charge in [-0.3, -0.25) is 9.69 Å². The van der Waals surface area contributed by atoms with E-state index >= 15 is 0 Å². The van der Waals surface area contributed by atoms with Gasteiger partial charge in [-0.15, -0.1) is 0 Å². The Bertz CT molecular complexity index is 961. The summed E-state index contributed by atoms with van der Waals surface area (Å²) in [5.74, 6) is -1.03. The molecule has 1 aliphatic heterocycles. The Hall–Kier alpha value is -1.74. The number of hydrogen-bond acceptors (Lipinski definition) is 6. The average Bonchev–Trinajstić information content (AvgIpc) is 2.79. The number of rotatable bonds is 4. The van der Waals surface area contributed by atoms with Gasteiger partial charge in [-0.2, -0.15) is 0 Å². The molecule has 1 aliphatic rings. The smallest absolute Gasteiger partial charge is 0.266 e. The molecular formula is C16H12NO4S3-. The van der Waals surface area contributed by atoms with Crippen LogP contribution in [0.1, 0.15) is 5.56 Å². The van der Waals surface area contributed by atoms with Crippen molar-refractivity contribution in [3.05, 3.63) is 52.9 Å². The zero-order chi connectivity index (χ0) is 17.3. The first-order valence-electron chi connectivity index (χ1n) is 7.02. The number of benzene rings is 2. The van der Waals surface area contributed by atoms with Crippen LogP contribution in [-0.4, -0.2) is 40.4 Å². The lowest BCUT2D eigenvalue weighted by atomic mass is 10.0. The summed E-state index contributed by atoms with van der Waals surface area (Å²) in [6, 6.07) is 13.6. The maximum Gasteiger partial charge on any atom is 0.266 e. The van der Waals surface area contributed by atoms with Crippen molar-refractivity contribution in [2.75, 3.05) is 12.3 Å². The Morgan fingerprint density at radius 2 is 1.88 bits per heavy atom. The van der Waals surface area contributed by atoms with Gasteiger partial charge in [0.15, 0.2) is 0 Å². The lowest BCUT2D eigenvalue weighted by Gasteiger charge is -2.15. The summed E-state index contributed by atoms with van der Waals surface area (Å²) in [6.45, 7) is -0.219. The summed E-state index contributed by atoms with van der Waals surface area (Å²) in [4.78, 5) is 14.0. The molecule has 0 atom stereocenters. The van der Waals surface area contributed by atoms with Gasteiger partial charge < -0.3 is 4.55 Å². The molecular weight excluding hydrogens is 366 g/mol. The molecule has 24 heavy (non-hydrogen) atoms. The Kier molecular flexibility index (Phi) is 4.73. The van der Waals surface area contributed by atoms with Crippen LogP contribution in [0.15, 0.2) is 47.4 Å². The summed E-state index contributed by atoms with van der Waals surface area (Å²) in [5.41, 5.74) is 0.880. The Morgan fingerprint density at radius 3 is 2.62 bits per heavy atom. The maximum atomic E-state index is 12.4. The van der Waals surface area contributed by atoms with E-state index in [1.807, 2.05) is 42.5 Å². The minimum atomic E-state index is -4.40. The summed E-state index contributed by atoms with van der Waals surface area (Å²) in [5, 5.41) is 2.06. The number of amides is 1. The van der Waals surface area contributed by atoms with E-state index in [9.17, 15) is 17.8 Å². The van der Waals surface area contributed by atoms with Crippen LogP contribution in [0, 0.1) is 0 Å². The van der Waals surface area contributed by atoms with E-state index in [0.29, 0.717) is 4.91 Å². The zero-order valence-electron chi connectivity index (χ0n) is 12.3. The number of carbonyl (C=O) groups excluding carboxylic acids is 1. The third-order valence-corrected chi connectivity index (χ3v) is 5.61. The number of fused-ring (bicyclic) bond motifs is 1. The van der Waals surface area contributed by atoms with E-state index in [1.165, 1.54) is 0 Å². The molecule has 3 rings (SSSR count). The molecule has 1 heterocycles. The molecule has 1 amide bonds. The average molecular weight is 378 g/mol. The van der Waals surface area contributed by atoms with Crippen LogP contribution >= 0.6 is 24.0 Å². The second-order valence-electron chi connectivity index (χ2n) is 5.16. The van der Waals surface area contributed by atoms with Crippen LogP contribution in [0.2, 0.25) is 0 Å². The Morgan fingerprint density at radius 1 is 1.17 bits per heavy atom. The maximum absolute atomic E-state index is 12.4. The molecule has 0 aromatic heterocycles. The van der Waals surface area contributed by atoms with Crippen molar-refractivity contribution < 1.29 is 17.8 Å². The molecule has 8 heteroatoms. The predicted octanol–water partition coefficient (Wildman–Crippen LogP) is 2.59.